The Morgan fingerprint density at radius 3 is 2.78 bits per heavy atom. The zero-order valence-corrected chi connectivity index (χ0v) is 11.1. The molecule has 2 heterocycles. The number of rotatable bonds is 3. The molecule has 94 valence electrons. The molecule has 0 unspecified atom stereocenters. The van der Waals surface area contributed by atoms with Gasteiger partial charge in [-0.3, -0.25) is 4.79 Å². The van der Waals surface area contributed by atoms with Gasteiger partial charge in [0, 0.05) is 50.0 Å². The van der Waals surface area contributed by atoms with Crippen LogP contribution in [-0.4, -0.2) is 34.2 Å². The molecule has 0 fully saturated rings. The third-order valence-electron chi connectivity index (χ3n) is 2.79. The van der Waals surface area contributed by atoms with Crippen molar-refractivity contribution in [3.63, 3.8) is 0 Å². The second-order valence-corrected chi connectivity index (χ2v) is 4.63. The lowest BCUT2D eigenvalue weighted by atomic mass is 10.0. The van der Waals surface area contributed by atoms with Gasteiger partial charge in [0.2, 0.25) is 0 Å². The number of nitrogens with zero attached hydrogens (tertiary/aromatic N) is 3. The number of aromatic nitrogens is 2. The van der Waals surface area contributed by atoms with E-state index in [1.807, 2.05) is 55.0 Å². The van der Waals surface area contributed by atoms with Gasteiger partial charge in [0.05, 0.1) is 0 Å². The lowest BCUT2D eigenvalue weighted by molar-refractivity contribution is -0.111. The molecular formula is C14H17N3O. The molecule has 0 saturated heterocycles. The summed E-state index contributed by atoms with van der Waals surface area (Å²) in [5, 5.41) is 0. The highest BCUT2D eigenvalue weighted by Crippen LogP contribution is 2.21. The average molecular weight is 243 g/mol. The summed E-state index contributed by atoms with van der Waals surface area (Å²) in [7, 11) is 3.82. The van der Waals surface area contributed by atoms with E-state index < -0.39 is 0 Å². The lowest BCUT2D eigenvalue weighted by Crippen LogP contribution is -2.08. The van der Waals surface area contributed by atoms with Gasteiger partial charge in [0.15, 0.2) is 5.78 Å². The van der Waals surface area contributed by atoms with Crippen molar-refractivity contribution in [2.45, 2.75) is 13.8 Å². The zero-order chi connectivity index (χ0) is 13.3. The van der Waals surface area contributed by atoms with Crippen molar-refractivity contribution in [3.05, 3.63) is 42.0 Å². The molecule has 18 heavy (non-hydrogen) atoms. The topological polar surface area (TPSA) is 37.6 Å². The smallest absolute Gasteiger partial charge is 0.161 e. The van der Waals surface area contributed by atoms with Gasteiger partial charge in [-0.25, -0.2) is 4.98 Å². The summed E-state index contributed by atoms with van der Waals surface area (Å²) >= 11 is 0. The van der Waals surface area contributed by atoms with Gasteiger partial charge >= 0.3 is 0 Å². The molecule has 0 aliphatic rings. The summed E-state index contributed by atoms with van der Waals surface area (Å²) in [4.78, 5) is 17.9. The van der Waals surface area contributed by atoms with Gasteiger partial charge in [-0.2, -0.15) is 0 Å². The van der Waals surface area contributed by atoms with Crippen molar-refractivity contribution in [3.8, 4) is 0 Å². The van der Waals surface area contributed by atoms with E-state index in [-0.39, 0.29) is 5.78 Å². The fraction of sp³-hybridized carbons (Fsp3) is 0.286. The maximum absolute atomic E-state index is 11.8. The highest BCUT2D eigenvalue weighted by molar-refractivity contribution is 6.19. The molecule has 0 aliphatic carbocycles. The first-order valence-electron chi connectivity index (χ1n) is 5.82. The number of ketones is 1. The number of carbonyl (C=O) groups is 1. The molecule has 4 heteroatoms. The van der Waals surface area contributed by atoms with Crippen molar-refractivity contribution in [2.24, 2.45) is 0 Å². The largest absolute Gasteiger partial charge is 0.383 e. The van der Waals surface area contributed by atoms with Gasteiger partial charge in [0.25, 0.3) is 0 Å². The maximum atomic E-state index is 11.8. The number of pyridine rings is 1. The Morgan fingerprint density at radius 2 is 2.17 bits per heavy atom. The summed E-state index contributed by atoms with van der Waals surface area (Å²) in [6, 6.07) is 1.99. The minimum atomic E-state index is 0.0614. The van der Waals surface area contributed by atoms with E-state index in [0.29, 0.717) is 5.57 Å². The fourth-order valence-electron chi connectivity index (χ4n) is 1.95. The summed E-state index contributed by atoms with van der Waals surface area (Å²) in [6.07, 6.45) is 7.44. The minimum absolute atomic E-state index is 0.0614. The SMILES string of the molecule is CC(=O)/C(=C/N(C)C)c1cn2ccnc2cc1C. The predicted molar refractivity (Wildman–Crippen MR) is 72.3 cm³/mol. The van der Waals surface area contributed by atoms with Crippen LogP contribution in [0.5, 0.6) is 0 Å². The second kappa shape index (κ2) is 4.64. The van der Waals surface area contributed by atoms with Crippen molar-refractivity contribution in [2.75, 3.05) is 14.1 Å². The van der Waals surface area contributed by atoms with Gasteiger partial charge in [-0.1, -0.05) is 0 Å². The molecule has 2 rings (SSSR count). The Morgan fingerprint density at radius 1 is 1.44 bits per heavy atom. The van der Waals surface area contributed by atoms with Crippen LogP contribution in [0.15, 0.2) is 30.9 Å². The van der Waals surface area contributed by atoms with E-state index >= 15 is 0 Å². The molecule has 0 saturated carbocycles. The van der Waals surface area contributed by atoms with Crippen LogP contribution >= 0.6 is 0 Å². The van der Waals surface area contributed by atoms with Crippen LogP contribution in [0.3, 0.4) is 0 Å². The van der Waals surface area contributed by atoms with Crippen LogP contribution in [0.25, 0.3) is 11.2 Å². The first kappa shape index (κ1) is 12.4. The number of hydrogen-bond donors (Lipinski definition) is 0. The average Bonchev–Trinajstić information content (AvgIpc) is 2.71. The number of fused-ring (bicyclic) bond motifs is 1. The van der Waals surface area contributed by atoms with Crippen molar-refractivity contribution in [1.82, 2.24) is 14.3 Å². The summed E-state index contributed by atoms with van der Waals surface area (Å²) in [5.74, 6) is 0.0614. The Bertz CT molecular complexity index is 623. The molecule has 0 aliphatic heterocycles. The molecule has 0 spiro atoms. The Kier molecular flexibility index (Phi) is 3.19. The van der Waals surface area contributed by atoms with Gasteiger partial charge < -0.3 is 9.30 Å². The number of carbonyl (C=O) groups excluding carboxylic acids is 1. The highest BCUT2D eigenvalue weighted by atomic mass is 16.1. The Labute approximate surface area is 107 Å². The Balaban J connectivity index is 2.63. The summed E-state index contributed by atoms with van der Waals surface area (Å²) < 4.78 is 1.93. The zero-order valence-electron chi connectivity index (χ0n) is 11.1. The van der Waals surface area contributed by atoms with Crippen molar-refractivity contribution >= 4 is 17.0 Å². The molecule has 2 aromatic heterocycles. The van der Waals surface area contributed by atoms with Crippen LogP contribution in [0.1, 0.15) is 18.1 Å². The normalized spacial score (nSPS) is 11.9. The van der Waals surface area contributed by atoms with E-state index in [0.717, 1.165) is 16.8 Å². The molecule has 0 radical (unpaired) electrons. The molecular weight excluding hydrogens is 226 g/mol. The number of aryl methyl sites for hydroxylation is 1. The van der Waals surface area contributed by atoms with E-state index in [2.05, 4.69) is 4.98 Å². The number of Topliss-reactive ketones (excluding diaryl/α,β-unsaturated/α-hetero) is 1. The highest BCUT2D eigenvalue weighted by Gasteiger charge is 2.12. The summed E-state index contributed by atoms with van der Waals surface area (Å²) in [5.41, 5.74) is 3.61. The monoisotopic (exact) mass is 243 g/mol. The maximum Gasteiger partial charge on any atom is 0.161 e. The first-order valence-corrected chi connectivity index (χ1v) is 5.82. The quantitative estimate of drug-likeness (QED) is 0.775. The van der Waals surface area contributed by atoms with Crippen molar-refractivity contribution < 1.29 is 4.79 Å². The molecule has 0 N–H and O–H groups in total. The van der Waals surface area contributed by atoms with E-state index in [1.165, 1.54) is 0 Å². The second-order valence-electron chi connectivity index (χ2n) is 4.63. The van der Waals surface area contributed by atoms with Crippen LogP contribution in [-0.2, 0) is 4.79 Å². The summed E-state index contributed by atoms with van der Waals surface area (Å²) in [6.45, 7) is 3.59. The van der Waals surface area contributed by atoms with Gasteiger partial charge in [-0.15, -0.1) is 0 Å². The van der Waals surface area contributed by atoms with Gasteiger partial charge in [-0.05, 0) is 25.5 Å². The number of allylic oxidation sites excluding steroid dienone is 1. The molecule has 0 amide bonds. The van der Waals surface area contributed by atoms with Crippen LogP contribution in [0, 0.1) is 6.92 Å². The van der Waals surface area contributed by atoms with Crippen LogP contribution < -0.4 is 0 Å². The van der Waals surface area contributed by atoms with Crippen LogP contribution in [0.2, 0.25) is 0 Å². The van der Waals surface area contributed by atoms with Gasteiger partial charge in [0.1, 0.15) is 5.65 Å². The lowest BCUT2D eigenvalue weighted by Gasteiger charge is -2.12. The molecule has 4 nitrogen and oxygen atoms in total. The van der Waals surface area contributed by atoms with E-state index in [1.54, 1.807) is 13.1 Å². The third kappa shape index (κ3) is 2.27. The minimum Gasteiger partial charge on any atom is -0.383 e. The van der Waals surface area contributed by atoms with E-state index in [9.17, 15) is 4.79 Å². The fourth-order valence-corrected chi connectivity index (χ4v) is 1.95. The Hall–Kier alpha value is -2.10. The van der Waals surface area contributed by atoms with Crippen LogP contribution in [0.4, 0.5) is 0 Å². The first-order chi connectivity index (χ1) is 8.49. The van der Waals surface area contributed by atoms with E-state index in [4.69, 9.17) is 0 Å². The third-order valence-corrected chi connectivity index (χ3v) is 2.79. The molecule has 2 aromatic rings. The molecule has 0 aromatic carbocycles. The predicted octanol–water partition coefficient (Wildman–Crippen LogP) is 2.13. The standard InChI is InChI=1S/C14H17N3O/c1-10-7-14-15-5-6-17(14)9-12(10)13(11(2)18)8-16(3)4/h5-9H,1-4H3/b13-8-. The molecule has 0 bridgehead atoms. The molecule has 0 atom stereocenters. The van der Waals surface area contributed by atoms with Crippen molar-refractivity contribution in [1.29, 1.82) is 0 Å². The number of hydrogen-bond acceptors (Lipinski definition) is 3. The number of imidazole rings is 1.